The number of aliphatic carboxylic acids is 1. The lowest BCUT2D eigenvalue weighted by atomic mass is 10.1. The maximum Gasteiger partial charge on any atom is 0.310 e. The smallest absolute Gasteiger partial charge is 0.310 e. The van der Waals surface area contributed by atoms with Crippen molar-refractivity contribution in [3.8, 4) is 0 Å². The standard InChI is InChI=1S/C9H13FO2/c1-7(6-10)4-3-5-8(2)9(11)12/h3-5,8H,6H2,1-2H3,(H,11,12)/b5-3-,7-4-. The Kier molecular flexibility index (Phi) is 5.00. The molecular formula is C9H13FO2. The number of rotatable bonds is 4. The first-order valence-corrected chi connectivity index (χ1v) is 3.70. The van der Waals surface area contributed by atoms with Crippen LogP contribution in [-0.4, -0.2) is 17.8 Å². The summed E-state index contributed by atoms with van der Waals surface area (Å²) in [5.74, 6) is -1.40. The molecule has 0 rings (SSSR count). The summed E-state index contributed by atoms with van der Waals surface area (Å²) < 4.78 is 11.9. The van der Waals surface area contributed by atoms with Crippen molar-refractivity contribution in [2.75, 3.05) is 6.67 Å². The molecule has 0 aromatic carbocycles. The maximum absolute atomic E-state index is 11.9. The van der Waals surface area contributed by atoms with Crippen LogP contribution in [0.15, 0.2) is 23.8 Å². The second-order valence-electron chi connectivity index (χ2n) is 2.66. The Hall–Kier alpha value is -1.12. The molecule has 0 saturated carbocycles. The van der Waals surface area contributed by atoms with Gasteiger partial charge in [-0.1, -0.05) is 18.2 Å². The van der Waals surface area contributed by atoms with E-state index >= 15 is 0 Å². The van der Waals surface area contributed by atoms with Crippen molar-refractivity contribution < 1.29 is 14.3 Å². The Morgan fingerprint density at radius 1 is 1.67 bits per heavy atom. The lowest BCUT2D eigenvalue weighted by molar-refractivity contribution is -0.139. The summed E-state index contributed by atoms with van der Waals surface area (Å²) in [6.07, 6.45) is 4.65. The van der Waals surface area contributed by atoms with E-state index in [-0.39, 0.29) is 0 Å². The third-order valence-corrected chi connectivity index (χ3v) is 1.38. The highest BCUT2D eigenvalue weighted by Crippen LogP contribution is 1.99. The number of carbonyl (C=O) groups is 1. The van der Waals surface area contributed by atoms with Gasteiger partial charge < -0.3 is 5.11 Å². The van der Waals surface area contributed by atoms with E-state index in [1.807, 2.05) is 0 Å². The summed E-state index contributed by atoms with van der Waals surface area (Å²) in [5.41, 5.74) is 0.587. The van der Waals surface area contributed by atoms with E-state index in [0.29, 0.717) is 5.57 Å². The molecule has 0 saturated heterocycles. The Labute approximate surface area is 71.4 Å². The minimum atomic E-state index is -0.877. The van der Waals surface area contributed by atoms with Crippen LogP contribution in [0.3, 0.4) is 0 Å². The lowest BCUT2D eigenvalue weighted by Crippen LogP contribution is -2.05. The van der Waals surface area contributed by atoms with Crippen molar-refractivity contribution in [3.05, 3.63) is 23.8 Å². The summed E-state index contributed by atoms with van der Waals surface area (Å²) in [4.78, 5) is 10.3. The molecule has 2 nitrogen and oxygen atoms in total. The predicted octanol–water partition coefficient (Wildman–Crippen LogP) is 2.18. The highest BCUT2D eigenvalue weighted by molar-refractivity contribution is 5.71. The van der Waals surface area contributed by atoms with E-state index in [0.717, 1.165) is 0 Å². The fraction of sp³-hybridized carbons (Fsp3) is 0.444. The largest absolute Gasteiger partial charge is 0.481 e. The molecule has 0 radical (unpaired) electrons. The van der Waals surface area contributed by atoms with Gasteiger partial charge in [0.05, 0.1) is 5.92 Å². The number of allylic oxidation sites excluding steroid dienone is 3. The molecule has 68 valence electrons. The normalized spacial score (nSPS) is 15.1. The molecule has 0 spiro atoms. The quantitative estimate of drug-likeness (QED) is 0.660. The first-order valence-electron chi connectivity index (χ1n) is 3.70. The lowest BCUT2D eigenvalue weighted by Gasteiger charge is -1.95. The van der Waals surface area contributed by atoms with Crippen LogP contribution in [0.4, 0.5) is 4.39 Å². The molecule has 0 aliphatic heterocycles. The third-order valence-electron chi connectivity index (χ3n) is 1.38. The molecule has 12 heavy (non-hydrogen) atoms. The number of hydrogen-bond donors (Lipinski definition) is 1. The summed E-state index contributed by atoms with van der Waals surface area (Å²) in [6.45, 7) is 2.72. The zero-order chi connectivity index (χ0) is 9.56. The maximum atomic E-state index is 11.9. The summed E-state index contributed by atoms with van der Waals surface area (Å²) >= 11 is 0. The topological polar surface area (TPSA) is 37.3 Å². The van der Waals surface area contributed by atoms with E-state index in [9.17, 15) is 9.18 Å². The molecule has 0 aromatic heterocycles. The Balaban J connectivity index is 3.99. The average molecular weight is 172 g/mol. The van der Waals surface area contributed by atoms with Crippen LogP contribution >= 0.6 is 0 Å². The zero-order valence-electron chi connectivity index (χ0n) is 7.25. The van der Waals surface area contributed by atoms with Gasteiger partial charge in [0.15, 0.2) is 0 Å². The number of alkyl halides is 1. The molecule has 0 fully saturated rings. The monoisotopic (exact) mass is 172 g/mol. The molecule has 1 atom stereocenters. The number of carboxylic acids is 1. The molecule has 1 N–H and O–H groups in total. The number of carboxylic acid groups (broad SMARTS) is 1. The van der Waals surface area contributed by atoms with Gasteiger partial charge in [0, 0.05) is 0 Å². The van der Waals surface area contributed by atoms with Gasteiger partial charge in [-0.15, -0.1) is 0 Å². The molecular weight excluding hydrogens is 159 g/mol. The van der Waals surface area contributed by atoms with E-state index in [2.05, 4.69) is 0 Å². The van der Waals surface area contributed by atoms with Crippen molar-refractivity contribution in [2.24, 2.45) is 5.92 Å². The van der Waals surface area contributed by atoms with Crippen LogP contribution in [0.25, 0.3) is 0 Å². The van der Waals surface area contributed by atoms with Crippen molar-refractivity contribution in [3.63, 3.8) is 0 Å². The van der Waals surface area contributed by atoms with E-state index < -0.39 is 18.6 Å². The molecule has 3 heteroatoms. The van der Waals surface area contributed by atoms with Gasteiger partial charge in [0.2, 0.25) is 0 Å². The van der Waals surface area contributed by atoms with Gasteiger partial charge in [-0.2, -0.15) is 0 Å². The minimum absolute atomic E-state index is 0.494. The number of hydrogen-bond acceptors (Lipinski definition) is 1. The average Bonchev–Trinajstić information content (AvgIpc) is 2.03. The summed E-state index contributed by atoms with van der Waals surface area (Å²) in [5, 5.41) is 8.46. The van der Waals surface area contributed by atoms with Gasteiger partial charge >= 0.3 is 5.97 Å². The number of halogens is 1. The van der Waals surface area contributed by atoms with Gasteiger partial charge in [0.25, 0.3) is 0 Å². The Bertz CT molecular complexity index is 207. The second-order valence-corrected chi connectivity index (χ2v) is 2.66. The molecule has 0 aliphatic carbocycles. The van der Waals surface area contributed by atoms with Gasteiger partial charge in [-0.25, -0.2) is 4.39 Å². The molecule has 1 unspecified atom stereocenters. The molecule has 0 heterocycles. The fourth-order valence-electron chi connectivity index (χ4n) is 0.513. The van der Waals surface area contributed by atoms with Crippen molar-refractivity contribution in [1.29, 1.82) is 0 Å². The van der Waals surface area contributed by atoms with Crippen LogP contribution in [0.2, 0.25) is 0 Å². The van der Waals surface area contributed by atoms with Crippen molar-refractivity contribution in [1.82, 2.24) is 0 Å². The van der Waals surface area contributed by atoms with Gasteiger partial charge in [-0.05, 0) is 19.4 Å². The van der Waals surface area contributed by atoms with Gasteiger partial charge in [0.1, 0.15) is 6.67 Å². The summed E-state index contributed by atoms with van der Waals surface area (Å²) in [6, 6.07) is 0. The van der Waals surface area contributed by atoms with Crippen LogP contribution in [-0.2, 0) is 4.79 Å². The highest BCUT2D eigenvalue weighted by Gasteiger charge is 2.03. The third kappa shape index (κ3) is 4.66. The van der Waals surface area contributed by atoms with E-state index in [4.69, 9.17) is 5.11 Å². The fourth-order valence-corrected chi connectivity index (χ4v) is 0.513. The first kappa shape index (κ1) is 10.9. The second kappa shape index (κ2) is 5.52. The van der Waals surface area contributed by atoms with Gasteiger partial charge in [-0.3, -0.25) is 4.79 Å². The first-order chi connectivity index (χ1) is 5.57. The van der Waals surface area contributed by atoms with E-state index in [1.54, 1.807) is 26.0 Å². The Morgan fingerprint density at radius 3 is 2.67 bits per heavy atom. The van der Waals surface area contributed by atoms with Crippen LogP contribution < -0.4 is 0 Å². The molecule has 0 aliphatic rings. The highest BCUT2D eigenvalue weighted by atomic mass is 19.1. The predicted molar refractivity (Wildman–Crippen MR) is 45.7 cm³/mol. The molecule has 0 aromatic rings. The minimum Gasteiger partial charge on any atom is -0.481 e. The Morgan fingerprint density at radius 2 is 2.25 bits per heavy atom. The summed E-state index contributed by atoms with van der Waals surface area (Å²) in [7, 11) is 0. The van der Waals surface area contributed by atoms with E-state index in [1.165, 1.54) is 6.08 Å². The molecule has 0 bridgehead atoms. The van der Waals surface area contributed by atoms with Crippen molar-refractivity contribution in [2.45, 2.75) is 13.8 Å². The molecule has 0 amide bonds. The van der Waals surface area contributed by atoms with Crippen molar-refractivity contribution >= 4 is 5.97 Å². The van der Waals surface area contributed by atoms with Crippen LogP contribution in [0.5, 0.6) is 0 Å². The zero-order valence-corrected chi connectivity index (χ0v) is 7.25. The SMILES string of the molecule is C/C(=C/C=C\C(C)C(=O)O)CF. The van der Waals surface area contributed by atoms with Crippen LogP contribution in [0, 0.1) is 5.92 Å². The van der Waals surface area contributed by atoms with Crippen LogP contribution in [0.1, 0.15) is 13.8 Å².